The fourth-order valence-corrected chi connectivity index (χ4v) is 2.43. The molecule has 0 saturated carbocycles. The number of carbonyl (C=O) groups is 2. The number of rotatable bonds is 4. The first-order chi connectivity index (χ1) is 9.54. The summed E-state index contributed by atoms with van der Waals surface area (Å²) >= 11 is 0. The van der Waals surface area contributed by atoms with Gasteiger partial charge in [-0.1, -0.05) is 19.8 Å². The van der Waals surface area contributed by atoms with Gasteiger partial charge in [0.1, 0.15) is 17.6 Å². The van der Waals surface area contributed by atoms with Crippen molar-refractivity contribution in [2.75, 3.05) is 25.9 Å². The lowest BCUT2D eigenvalue weighted by Gasteiger charge is -2.39. The number of nitrogens with zero attached hydrogens (tertiary/aromatic N) is 3. The summed E-state index contributed by atoms with van der Waals surface area (Å²) in [7, 11) is 1.78. The third-order valence-electron chi connectivity index (χ3n) is 3.63. The number of piperazine rings is 1. The standard InChI is InChI=1S/C13H21N5O2/c1-3-4-5-10-13(20)17(2)6-7-18(10)12(19)9-8-11(14)16-15-9/h8,10H,3-7H2,1-2H3,(H3,14,15,16). The van der Waals surface area contributed by atoms with Crippen molar-refractivity contribution in [1.29, 1.82) is 0 Å². The number of amides is 2. The van der Waals surface area contributed by atoms with Gasteiger partial charge in [0.15, 0.2) is 0 Å². The van der Waals surface area contributed by atoms with Crippen LogP contribution in [-0.2, 0) is 4.79 Å². The van der Waals surface area contributed by atoms with Gasteiger partial charge in [0, 0.05) is 26.2 Å². The van der Waals surface area contributed by atoms with Gasteiger partial charge in [0.25, 0.3) is 5.91 Å². The molecule has 1 aliphatic heterocycles. The molecule has 7 heteroatoms. The molecule has 0 bridgehead atoms. The quantitative estimate of drug-likeness (QED) is 0.837. The van der Waals surface area contributed by atoms with Gasteiger partial charge in [-0.05, 0) is 6.42 Å². The van der Waals surface area contributed by atoms with Crippen molar-refractivity contribution in [2.45, 2.75) is 32.2 Å². The average Bonchev–Trinajstić information content (AvgIpc) is 2.86. The topological polar surface area (TPSA) is 95.3 Å². The van der Waals surface area contributed by atoms with E-state index >= 15 is 0 Å². The molecule has 2 amide bonds. The molecule has 1 aromatic heterocycles. The molecule has 1 atom stereocenters. The molecule has 20 heavy (non-hydrogen) atoms. The number of nitrogen functional groups attached to an aromatic ring is 1. The molecule has 0 aromatic carbocycles. The lowest BCUT2D eigenvalue weighted by atomic mass is 10.0. The van der Waals surface area contributed by atoms with Crippen LogP contribution in [0.25, 0.3) is 0 Å². The van der Waals surface area contributed by atoms with Gasteiger partial charge in [-0.25, -0.2) is 0 Å². The third-order valence-corrected chi connectivity index (χ3v) is 3.63. The van der Waals surface area contributed by atoms with Gasteiger partial charge < -0.3 is 15.5 Å². The van der Waals surface area contributed by atoms with Crippen LogP contribution in [-0.4, -0.2) is 58.0 Å². The van der Waals surface area contributed by atoms with E-state index < -0.39 is 0 Å². The Morgan fingerprint density at radius 2 is 2.30 bits per heavy atom. The van der Waals surface area contributed by atoms with Crippen LogP contribution in [0.2, 0.25) is 0 Å². The van der Waals surface area contributed by atoms with Crippen LogP contribution in [0.4, 0.5) is 5.82 Å². The number of aromatic amines is 1. The highest BCUT2D eigenvalue weighted by atomic mass is 16.2. The van der Waals surface area contributed by atoms with Crippen LogP contribution < -0.4 is 5.73 Å². The SMILES string of the molecule is CCCCC1C(=O)N(C)CCN1C(=O)c1cc(N)n[nH]1. The predicted octanol–water partition coefficient (Wildman–Crippen LogP) is 0.465. The van der Waals surface area contributed by atoms with Crippen molar-refractivity contribution in [3.8, 4) is 0 Å². The summed E-state index contributed by atoms with van der Waals surface area (Å²) in [6, 6.07) is 1.12. The minimum absolute atomic E-state index is 0.00513. The third kappa shape index (κ3) is 2.76. The zero-order chi connectivity index (χ0) is 14.7. The first-order valence-corrected chi connectivity index (χ1v) is 6.91. The number of aromatic nitrogens is 2. The highest BCUT2D eigenvalue weighted by Gasteiger charge is 2.36. The predicted molar refractivity (Wildman–Crippen MR) is 75.0 cm³/mol. The molecule has 1 fully saturated rings. The Kier molecular flexibility index (Phi) is 4.26. The summed E-state index contributed by atoms with van der Waals surface area (Å²) in [6.07, 6.45) is 2.60. The lowest BCUT2D eigenvalue weighted by molar-refractivity contribution is -0.138. The van der Waals surface area contributed by atoms with Crippen LogP contribution in [0, 0.1) is 0 Å². The number of nitrogens with one attached hydrogen (secondary N) is 1. The van der Waals surface area contributed by atoms with Crippen LogP contribution in [0.3, 0.4) is 0 Å². The summed E-state index contributed by atoms with van der Waals surface area (Å²) in [5.41, 5.74) is 5.86. The zero-order valence-electron chi connectivity index (χ0n) is 11.9. The molecular weight excluding hydrogens is 258 g/mol. The summed E-state index contributed by atoms with van der Waals surface area (Å²) in [6.45, 7) is 3.16. The minimum Gasteiger partial charge on any atom is -0.382 e. The Bertz CT molecular complexity index is 499. The van der Waals surface area contributed by atoms with E-state index in [0.717, 1.165) is 12.8 Å². The number of H-pyrrole nitrogens is 1. The number of hydrogen-bond acceptors (Lipinski definition) is 4. The average molecular weight is 279 g/mol. The molecular formula is C13H21N5O2. The van der Waals surface area contributed by atoms with E-state index in [2.05, 4.69) is 17.1 Å². The van der Waals surface area contributed by atoms with Crippen molar-refractivity contribution < 1.29 is 9.59 Å². The second-order valence-electron chi connectivity index (χ2n) is 5.12. The second-order valence-corrected chi connectivity index (χ2v) is 5.12. The van der Waals surface area contributed by atoms with E-state index in [9.17, 15) is 9.59 Å². The fraction of sp³-hybridized carbons (Fsp3) is 0.615. The van der Waals surface area contributed by atoms with E-state index in [1.165, 1.54) is 6.07 Å². The van der Waals surface area contributed by atoms with Gasteiger partial charge >= 0.3 is 0 Å². The van der Waals surface area contributed by atoms with E-state index in [1.807, 2.05) is 0 Å². The van der Waals surface area contributed by atoms with Crippen LogP contribution in [0.15, 0.2) is 6.07 Å². The Morgan fingerprint density at radius 1 is 1.55 bits per heavy atom. The molecule has 2 heterocycles. The van der Waals surface area contributed by atoms with E-state index in [4.69, 9.17) is 5.73 Å². The van der Waals surface area contributed by atoms with E-state index in [-0.39, 0.29) is 23.7 Å². The fourth-order valence-electron chi connectivity index (χ4n) is 2.43. The highest BCUT2D eigenvalue weighted by molar-refractivity contribution is 5.97. The van der Waals surface area contributed by atoms with Crippen molar-refractivity contribution in [1.82, 2.24) is 20.0 Å². The maximum absolute atomic E-state index is 12.5. The summed E-state index contributed by atoms with van der Waals surface area (Å²) in [4.78, 5) is 28.0. The Balaban J connectivity index is 2.18. The molecule has 1 unspecified atom stereocenters. The van der Waals surface area contributed by atoms with Gasteiger partial charge in [0.05, 0.1) is 0 Å². The molecule has 3 N–H and O–H groups in total. The normalized spacial score (nSPS) is 19.5. The summed E-state index contributed by atoms with van der Waals surface area (Å²) in [5.74, 6) is 0.0706. The first kappa shape index (κ1) is 14.4. The Hall–Kier alpha value is -2.05. The molecule has 1 aromatic rings. The molecule has 2 rings (SSSR count). The Morgan fingerprint density at radius 3 is 2.90 bits per heavy atom. The second kappa shape index (κ2) is 5.94. The van der Waals surface area contributed by atoms with E-state index in [1.54, 1.807) is 16.8 Å². The van der Waals surface area contributed by atoms with Crippen molar-refractivity contribution in [2.24, 2.45) is 0 Å². The zero-order valence-corrected chi connectivity index (χ0v) is 11.9. The summed E-state index contributed by atoms with van der Waals surface area (Å²) in [5, 5.41) is 6.38. The van der Waals surface area contributed by atoms with Crippen molar-refractivity contribution in [3.05, 3.63) is 11.8 Å². The van der Waals surface area contributed by atoms with Crippen LogP contribution in [0.1, 0.15) is 36.7 Å². The number of hydrogen-bond donors (Lipinski definition) is 2. The monoisotopic (exact) mass is 279 g/mol. The maximum Gasteiger partial charge on any atom is 0.272 e. The minimum atomic E-state index is -0.384. The van der Waals surface area contributed by atoms with Gasteiger partial charge in [-0.3, -0.25) is 14.7 Å². The maximum atomic E-state index is 12.5. The molecule has 0 aliphatic carbocycles. The van der Waals surface area contributed by atoms with Crippen molar-refractivity contribution in [3.63, 3.8) is 0 Å². The van der Waals surface area contributed by atoms with Gasteiger partial charge in [-0.15, -0.1) is 0 Å². The number of nitrogens with two attached hydrogens (primary N) is 1. The lowest BCUT2D eigenvalue weighted by Crippen LogP contribution is -2.57. The van der Waals surface area contributed by atoms with Crippen LogP contribution in [0.5, 0.6) is 0 Å². The Labute approximate surface area is 118 Å². The van der Waals surface area contributed by atoms with E-state index in [0.29, 0.717) is 25.2 Å². The number of likely N-dealkylation sites (N-methyl/N-ethyl adjacent to an activating group) is 1. The molecule has 0 radical (unpaired) electrons. The molecule has 7 nitrogen and oxygen atoms in total. The molecule has 1 saturated heterocycles. The number of anilines is 1. The first-order valence-electron chi connectivity index (χ1n) is 6.91. The van der Waals surface area contributed by atoms with Gasteiger partial charge in [0.2, 0.25) is 5.91 Å². The molecule has 0 spiro atoms. The number of unbranched alkanes of at least 4 members (excludes halogenated alkanes) is 1. The molecule has 1 aliphatic rings. The van der Waals surface area contributed by atoms with Gasteiger partial charge in [-0.2, -0.15) is 5.10 Å². The van der Waals surface area contributed by atoms with Crippen molar-refractivity contribution >= 4 is 17.6 Å². The highest BCUT2D eigenvalue weighted by Crippen LogP contribution is 2.19. The van der Waals surface area contributed by atoms with Crippen LogP contribution >= 0.6 is 0 Å². The number of carbonyl (C=O) groups excluding carboxylic acids is 2. The smallest absolute Gasteiger partial charge is 0.272 e. The largest absolute Gasteiger partial charge is 0.382 e. The molecule has 110 valence electrons. The summed E-state index contributed by atoms with van der Waals surface area (Å²) < 4.78 is 0.